The maximum Gasteiger partial charge on any atom is 0.407 e. The molecule has 1 amide bonds. The first-order valence-corrected chi connectivity index (χ1v) is 7.12. The van der Waals surface area contributed by atoms with Crippen LogP contribution in [0.2, 0.25) is 5.02 Å². The lowest BCUT2D eigenvalue weighted by atomic mass is 10.3. The lowest BCUT2D eigenvalue weighted by Crippen LogP contribution is -2.48. The molecule has 1 aromatic heterocycles. The number of amides is 1. The summed E-state index contributed by atoms with van der Waals surface area (Å²) in [5.41, 5.74) is 0.935. The molecule has 7 heteroatoms. The Labute approximate surface area is 119 Å². The van der Waals surface area contributed by atoms with E-state index in [4.69, 9.17) is 16.7 Å². The van der Waals surface area contributed by atoms with Crippen molar-refractivity contribution >= 4 is 44.4 Å². The topological polar surface area (TPSA) is 56.7 Å². The maximum atomic E-state index is 10.9. The molecule has 0 unspecified atom stereocenters. The molecule has 5 nitrogen and oxygen atoms in total. The molecule has 100 valence electrons. The summed E-state index contributed by atoms with van der Waals surface area (Å²) in [6.45, 7) is 2.40. The average molecular weight is 298 g/mol. The van der Waals surface area contributed by atoms with Gasteiger partial charge in [-0.05, 0) is 18.2 Å². The highest BCUT2D eigenvalue weighted by Crippen LogP contribution is 2.31. The summed E-state index contributed by atoms with van der Waals surface area (Å²) in [7, 11) is 0. The van der Waals surface area contributed by atoms with E-state index >= 15 is 0 Å². The SMILES string of the molecule is O=C(O)N1CCN(c2nc3ccc(Cl)cc3s2)CC1. The second-order valence-corrected chi connectivity index (χ2v) is 5.81. The van der Waals surface area contributed by atoms with E-state index in [-0.39, 0.29) is 0 Å². The van der Waals surface area contributed by atoms with Crippen molar-refractivity contribution < 1.29 is 9.90 Å². The zero-order valence-corrected chi connectivity index (χ0v) is 11.6. The van der Waals surface area contributed by atoms with Gasteiger partial charge in [0.25, 0.3) is 0 Å². The van der Waals surface area contributed by atoms with E-state index in [1.54, 1.807) is 11.3 Å². The Balaban J connectivity index is 1.80. The van der Waals surface area contributed by atoms with Crippen LogP contribution in [0.4, 0.5) is 9.93 Å². The number of rotatable bonds is 1. The highest BCUT2D eigenvalue weighted by Gasteiger charge is 2.22. The summed E-state index contributed by atoms with van der Waals surface area (Å²) in [5.74, 6) is 0. The third-order valence-electron chi connectivity index (χ3n) is 3.16. The van der Waals surface area contributed by atoms with Gasteiger partial charge in [-0.3, -0.25) is 0 Å². The van der Waals surface area contributed by atoms with E-state index < -0.39 is 6.09 Å². The molecule has 0 atom stereocenters. The van der Waals surface area contributed by atoms with Gasteiger partial charge in [0, 0.05) is 31.2 Å². The summed E-state index contributed by atoms with van der Waals surface area (Å²) in [6.07, 6.45) is -0.851. The normalized spacial score (nSPS) is 16.1. The molecule has 0 saturated carbocycles. The van der Waals surface area contributed by atoms with Gasteiger partial charge >= 0.3 is 6.09 Å². The number of thiazole rings is 1. The van der Waals surface area contributed by atoms with Crippen molar-refractivity contribution in [1.29, 1.82) is 0 Å². The molecule has 2 heterocycles. The van der Waals surface area contributed by atoms with Gasteiger partial charge in [-0.25, -0.2) is 9.78 Å². The Morgan fingerprint density at radius 2 is 2.05 bits per heavy atom. The lowest BCUT2D eigenvalue weighted by Gasteiger charge is -2.32. The third-order valence-corrected chi connectivity index (χ3v) is 4.47. The summed E-state index contributed by atoms with van der Waals surface area (Å²) in [6, 6.07) is 5.65. The van der Waals surface area contributed by atoms with Crippen LogP contribution in [0.3, 0.4) is 0 Å². The fraction of sp³-hybridized carbons (Fsp3) is 0.333. The Hall–Kier alpha value is -1.53. The first kappa shape index (κ1) is 12.5. The number of hydrogen-bond acceptors (Lipinski definition) is 4. The van der Waals surface area contributed by atoms with E-state index in [0.717, 1.165) is 15.3 Å². The smallest absolute Gasteiger partial charge is 0.407 e. The minimum Gasteiger partial charge on any atom is -0.465 e. The minimum absolute atomic E-state index is 0.520. The number of anilines is 1. The summed E-state index contributed by atoms with van der Waals surface area (Å²) in [5, 5.41) is 10.6. The van der Waals surface area contributed by atoms with Gasteiger partial charge in [-0.15, -0.1) is 0 Å². The Kier molecular flexibility index (Phi) is 3.20. The molecule has 0 spiro atoms. The second-order valence-electron chi connectivity index (χ2n) is 4.37. The fourth-order valence-corrected chi connectivity index (χ4v) is 3.40. The zero-order chi connectivity index (χ0) is 13.4. The number of fused-ring (bicyclic) bond motifs is 1. The van der Waals surface area contributed by atoms with Crippen LogP contribution in [0.25, 0.3) is 10.2 Å². The van der Waals surface area contributed by atoms with Crippen molar-refractivity contribution in [2.24, 2.45) is 0 Å². The Bertz CT molecular complexity index is 622. The maximum absolute atomic E-state index is 10.9. The van der Waals surface area contributed by atoms with Crippen molar-refractivity contribution in [3.8, 4) is 0 Å². The number of hydrogen-bond donors (Lipinski definition) is 1. The van der Waals surface area contributed by atoms with Crippen LogP contribution in [0.1, 0.15) is 0 Å². The molecule has 3 rings (SSSR count). The van der Waals surface area contributed by atoms with E-state index in [1.165, 1.54) is 4.90 Å². The van der Waals surface area contributed by atoms with Gasteiger partial charge in [0.05, 0.1) is 10.2 Å². The van der Waals surface area contributed by atoms with Crippen molar-refractivity contribution in [2.45, 2.75) is 0 Å². The average Bonchev–Trinajstić information content (AvgIpc) is 2.81. The van der Waals surface area contributed by atoms with Crippen molar-refractivity contribution in [1.82, 2.24) is 9.88 Å². The first-order chi connectivity index (χ1) is 9.13. The number of halogens is 1. The minimum atomic E-state index is -0.851. The molecule has 1 aromatic carbocycles. The van der Waals surface area contributed by atoms with Gasteiger partial charge in [-0.1, -0.05) is 22.9 Å². The van der Waals surface area contributed by atoms with Crippen molar-refractivity contribution in [3.05, 3.63) is 23.2 Å². The number of nitrogens with zero attached hydrogens (tertiary/aromatic N) is 3. The molecule has 0 radical (unpaired) electrons. The van der Waals surface area contributed by atoms with Gasteiger partial charge in [0.1, 0.15) is 0 Å². The van der Waals surface area contributed by atoms with E-state index in [9.17, 15) is 4.79 Å². The molecule has 0 aliphatic carbocycles. The van der Waals surface area contributed by atoms with Crippen LogP contribution in [0, 0.1) is 0 Å². The molecule has 19 heavy (non-hydrogen) atoms. The molecule has 1 saturated heterocycles. The van der Waals surface area contributed by atoms with Gasteiger partial charge in [0.15, 0.2) is 5.13 Å². The van der Waals surface area contributed by atoms with Crippen molar-refractivity contribution in [3.63, 3.8) is 0 Å². The molecule has 1 aliphatic heterocycles. The lowest BCUT2D eigenvalue weighted by molar-refractivity contribution is 0.142. The summed E-state index contributed by atoms with van der Waals surface area (Å²) in [4.78, 5) is 19.0. The summed E-state index contributed by atoms with van der Waals surface area (Å²) < 4.78 is 1.06. The predicted molar refractivity (Wildman–Crippen MR) is 76.4 cm³/mol. The quantitative estimate of drug-likeness (QED) is 0.879. The molecule has 1 N–H and O–H groups in total. The molecule has 2 aromatic rings. The molecule has 0 bridgehead atoms. The van der Waals surface area contributed by atoms with Crippen LogP contribution >= 0.6 is 22.9 Å². The van der Waals surface area contributed by atoms with Gasteiger partial charge in [0.2, 0.25) is 0 Å². The third kappa shape index (κ3) is 2.46. The monoisotopic (exact) mass is 297 g/mol. The zero-order valence-electron chi connectivity index (χ0n) is 10.0. The predicted octanol–water partition coefficient (Wildman–Crippen LogP) is 2.75. The molecular formula is C12H12ClN3O2S. The fourth-order valence-electron chi connectivity index (χ4n) is 2.11. The van der Waals surface area contributed by atoms with Crippen LogP contribution in [0.15, 0.2) is 18.2 Å². The van der Waals surface area contributed by atoms with Crippen molar-refractivity contribution in [2.75, 3.05) is 31.1 Å². The number of piperazine rings is 1. The van der Waals surface area contributed by atoms with Gasteiger partial charge in [-0.2, -0.15) is 0 Å². The Morgan fingerprint density at radius 3 is 2.74 bits per heavy atom. The van der Waals surface area contributed by atoms with Crippen LogP contribution in [-0.4, -0.2) is 47.3 Å². The molecular weight excluding hydrogens is 286 g/mol. The summed E-state index contributed by atoms with van der Waals surface area (Å²) >= 11 is 7.55. The van der Waals surface area contributed by atoms with Crippen LogP contribution < -0.4 is 4.90 Å². The van der Waals surface area contributed by atoms with Crippen LogP contribution in [-0.2, 0) is 0 Å². The second kappa shape index (κ2) is 4.86. The highest BCUT2D eigenvalue weighted by atomic mass is 35.5. The molecule has 1 aliphatic rings. The van der Waals surface area contributed by atoms with E-state index in [1.807, 2.05) is 18.2 Å². The van der Waals surface area contributed by atoms with E-state index in [0.29, 0.717) is 31.2 Å². The highest BCUT2D eigenvalue weighted by molar-refractivity contribution is 7.22. The van der Waals surface area contributed by atoms with Gasteiger partial charge < -0.3 is 14.9 Å². The molecule has 1 fully saturated rings. The Morgan fingerprint density at radius 1 is 1.32 bits per heavy atom. The number of benzene rings is 1. The standard InChI is InChI=1S/C12H12ClN3O2S/c13-8-1-2-9-10(7-8)19-11(14-9)15-3-5-16(6-4-15)12(17)18/h1-2,7H,3-6H2,(H,17,18). The largest absolute Gasteiger partial charge is 0.465 e. The number of aromatic nitrogens is 1. The van der Waals surface area contributed by atoms with E-state index in [2.05, 4.69) is 9.88 Å². The number of carboxylic acid groups (broad SMARTS) is 1. The first-order valence-electron chi connectivity index (χ1n) is 5.92. The van der Waals surface area contributed by atoms with Crippen LogP contribution in [0.5, 0.6) is 0 Å². The number of carbonyl (C=O) groups is 1.